The highest BCUT2D eigenvalue weighted by atomic mass is 32.2. The number of H-pyrrole nitrogens is 1. The molecule has 122 valence electrons. The van der Waals surface area contributed by atoms with Crippen LogP contribution in [-0.4, -0.2) is 18.6 Å². The molecule has 0 unspecified atom stereocenters. The number of aromatic nitrogens is 2. The fraction of sp³-hybridized carbons (Fsp3) is 0.0588. The molecule has 3 rings (SSSR count). The maximum absolute atomic E-state index is 12.4. The first-order valence-corrected chi connectivity index (χ1v) is 8.68. The molecule has 2 N–H and O–H groups in total. The monoisotopic (exact) mass is 341 g/mol. The minimum atomic E-state index is -3.66. The van der Waals surface area contributed by atoms with Gasteiger partial charge in [-0.25, -0.2) is 13.5 Å². The van der Waals surface area contributed by atoms with E-state index in [4.69, 9.17) is 0 Å². The van der Waals surface area contributed by atoms with Gasteiger partial charge in [-0.05, 0) is 37.3 Å². The minimum absolute atomic E-state index is 0.195. The Morgan fingerprint density at radius 1 is 1.00 bits per heavy atom. The van der Waals surface area contributed by atoms with Crippen molar-refractivity contribution in [3.05, 3.63) is 76.6 Å². The van der Waals surface area contributed by atoms with Gasteiger partial charge in [-0.15, -0.1) is 0 Å². The summed E-state index contributed by atoms with van der Waals surface area (Å²) in [5.74, 6) is 0. The van der Waals surface area contributed by atoms with Gasteiger partial charge < -0.3 is 0 Å². The number of hydrogen-bond acceptors (Lipinski definition) is 4. The second kappa shape index (κ2) is 6.29. The lowest BCUT2D eigenvalue weighted by molar-refractivity contribution is 0.601. The average molecular weight is 341 g/mol. The number of rotatable bonds is 4. The van der Waals surface area contributed by atoms with Crippen molar-refractivity contribution in [3.63, 3.8) is 0 Å². The summed E-state index contributed by atoms with van der Waals surface area (Å²) in [6, 6.07) is 16.4. The van der Waals surface area contributed by atoms with E-state index >= 15 is 0 Å². The van der Waals surface area contributed by atoms with Gasteiger partial charge in [0.05, 0.1) is 10.6 Å². The predicted molar refractivity (Wildman–Crippen MR) is 92.3 cm³/mol. The van der Waals surface area contributed by atoms with Crippen LogP contribution in [0.1, 0.15) is 5.56 Å². The van der Waals surface area contributed by atoms with Crippen molar-refractivity contribution < 1.29 is 8.42 Å². The molecule has 0 radical (unpaired) electrons. The van der Waals surface area contributed by atoms with Gasteiger partial charge in [-0.1, -0.05) is 29.8 Å². The standard InChI is InChI=1S/C17H15N3O3S/c1-12-5-7-15(8-6-12)24(22,23)20-14-4-2-3-13(11-14)16-9-10-17(21)19-18-16/h2-11,20H,1H3,(H,19,21). The van der Waals surface area contributed by atoms with Crippen LogP contribution in [0.25, 0.3) is 11.3 Å². The molecule has 7 heteroatoms. The fourth-order valence-electron chi connectivity index (χ4n) is 2.18. The van der Waals surface area contributed by atoms with Crippen molar-refractivity contribution in [2.75, 3.05) is 4.72 Å². The Morgan fingerprint density at radius 3 is 2.42 bits per heavy atom. The molecule has 24 heavy (non-hydrogen) atoms. The van der Waals surface area contributed by atoms with E-state index in [0.29, 0.717) is 16.9 Å². The van der Waals surface area contributed by atoms with E-state index in [9.17, 15) is 13.2 Å². The first-order chi connectivity index (χ1) is 11.4. The molecule has 0 spiro atoms. The lowest BCUT2D eigenvalue weighted by atomic mass is 10.1. The highest BCUT2D eigenvalue weighted by molar-refractivity contribution is 7.92. The molecule has 0 aliphatic carbocycles. The van der Waals surface area contributed by atoms with Gasteiger partial charge in [-0.2, -0.15) is 5.10 Å². The van der Waals surface area contributed by atoms with Crippen molar-refractivity contribution in [3.8, 4) is 11.3 Å². The third-order valence-corrected chi connectivity index (χ3v) is 4.82. The molecule has 0 atom stereocenters. The first-order valence-electron chi connectivity index (χ1n) is 7.20. The number of nitrogens with zero attached hydrogens (tertiary/aromatic N) is 1. The molecule has 0 saturated heterocycles. The van der Waals surface area contributed by atoms with Crippen molar-refractivity contribution in [2.24, 2.45) is 0 Å². The molecule has 0 aliphatic heterocycles. The highest BCUT2D eigenvalue weighted by Crippen LogP contribution is 2.22. The van der Waals surface area contributed by atoms with Crippen molar-refractivity contribution in [2.45, 2.75) is 11.8 Å². The summed E-state index contributed by atoms with van der Waals surface area (Å²) >= 11 is 0. The van der Waals surface area contributed by atoms with Crippen LogP contribution in [0.3, 0.4) is 0 Å². The van der Waals surface area contributed by atoms with Gasteiger partial charge in [0.15, 0.2) is 0 Å². The van der Waals surface area contributed by atoms with Crippen molar-refractivity contribution >= 4 is 15.7 Å². The molecule has 0 saturated carbocycles. The molecule has 3 aromatic rings. The number of nitrogens with one attached hydrogen (secondary N) is 2. The number of benzene rings is 2. The summed E-state index contributed by atoms with van der Waals surface area (Å²) in [4.78, 5) is 11.3. The van der Waals surface area contributed by atoms with Gasteiger partial charge in [0, 0.05) is 17.3 Å². The molecule has 6 nitrogen and oxygen atoms in total. The quantitative estimate of drug-likeness (QED) is 0.763. The summed E-state index contributed by atoms with van der Waals surface area (Å²) in [7, 11) is -3.66. The summed E-state index contributed by atoms with van der Waals surface area (Å²) in [6.45, 7) is 1.89. The third kappa shape index (κ3) is 3.52. The molecule has 1 aromatic heterocycles. The maximum Gasteiger partial charge on any atom is 0.264 e. The van der Waals surface area contributed by atoms with Crippen LogP contribution >= 0.6 is 0 Å². The third-order valence-electron chi connectivity index (χ3n) is 3.42. The number of aromatic amines is 1. The van der Waals surface area contributed by atoms with E-state index in [-0.39, 0.29) is 10.5 Å². The Morgan fingerprint density at radius 2 is 1.75 bits per heavy atom. The van der Waals surface area contributed by atoms with Crippen LogP contribution in [0.5, 0.6) is 0 Å². The zero-order valence-corrected chi connectivity index (χ0v) is 13.7. The van der Waals surface area contributed by atoms with Crippen LogP contribution in [0.15, 0.2) is 70.4 Å². The molecule has 0 bridgehead atoms. The van der Waals surface area contributed by atoms with Gasteiger partial charge >= 0.3 is 0 Å². The minimum Gasteiger partial charge on any atom is -0.280 e. The molecular weight excluding hydrogens is 326 g/mol. The Kier molecular flexibility index (Phi) is 4.18. The van der Waals surface area contributed by atoms with Gasteiger partial charge in [0.25, 0.3) is 15.6 Å². The van der Waals surface area contributed by atoms with E-state index in [0.717, 1.165) is 5.56 Å². The molecule has 2 aromatic carbocycles. The van der Waals surface area contributed by atoms with Crippen LogP contribution in [-0.2, 0) is 10.0 Å². The number of aryl methyl sites for hydroxylation is 1. The second-order valence-electron chi connectivity index (χ2n) is 5.31. The Bertz CT molecular complexity index is 1000. The molecule has 0 fully saturated rings. The summed E-state index contributed by atoms with van der Waals surface area (Å²) in [6.07, 6.45) is 0. The number of anilines is 1. The van der Waals surface area contributed by atoms with E-state index in [1.54, 1.807) is 54.6 Å². The molecular formula is C17H15N3O3S. The lowest BCUT2D eigenvalue weighted by Crippen LogP contribution is -2.13. The summed E-state index contributed by atoms with van der Waals surface area (Å²) in [5, 5.41) is 6.29. The predicted octanol–water partition coefficient (Wildman–Crippen LogP) is 2.55. The van der Waals surface area contributed by atoms with Crippen LogP contribution in [0.4, 0.5) is 5.69 Å². The maximum atomic E-state index is 12.4. The number of sulfonamides is 1. The van der Waals surface area contributed by atoms with Gasteiger partial charge in [-0.3, -0.25) is 9.52 Å². The molecule has 0 aliphatic rings. The topological polar surface area (TPSA) is 91.9 Å². The largest absolute Gasteiger partial charge is 0.280 e. The lowest BCUT2D eigenvalue weighted by Gasteiger charge is -2.09. The Labute approximate surface area is 139 Å². The number of hydrogen-bond donors (Lipinski definition) is 2. The Hall–Kier alpha value is -2.93. The normalized spacial score (nSPS) is 11.2. The van der Waals surface area contributed by atoms with Crippen LogP contribution in [0, 0.1) is 6.92 Å². The second-order valence-corrected chi connectivity index (χ2v) is 6.99. The van der Waals surface area contributed by atoms with Crippen LogP contribution in [0.2, 0.25) is 0 Å². The van der Waals surface area contributed by atoms with E-state index in [1.807, 2.05) is 6.92 Å². The zero-order valence-electron chi connectivity index (χ0n) is 12.9. The summed E-state index contributed by atoms with van der Waals surface area (Å²) < 4.78 is 27.4. The van der Waals surface area contributed by atoms with Crippen molar-refractivity contribution in [1.29, 1.82) is 0 Å². The highest BCUT2D eigenvalue weighted by Gasteiger charge is 2.14. The van der Waals surface area contributed by atoms with E-state index in [2.05, 4.69) is 14.9 Å². The molecule has 0 amide bonds. The van der Waals surface area contributed by atoms with Gasteiger partial charge in [0.2, 0.25) is 0 Å². The smallest absolute Gasteiger partial charge is 0.264 e. The summed E-state index contributed by atoms with van der Waals surface area (Å²) in [5.41, 5.74) is 2.34. The zero-order chi connectivity index (χ0) is 17.2. The first kappa shape index (κ1) is 15.9. The van der Waals surface area contributed by atoms with Crippen molar-refractivity contribution in [1.82, 2.24) is 10.2 Å². The van der Waals surface area contributed by atoms with Gasteiger partial charge in [0.1, 0.15) is 0 Å². The SMILES string of the molecule is Cc1ccc(S(=O)(=O)Nc2cccc(-c3ccc(=O)[nH]n3)c2)cc1. The Balaban J connectivity index is 1.90. The fourth-order valence-corrected chi connectivity index (χ4v) is 3.23. The van der Waals surface area contributed by atoms with E-state index < -0.39 is 10.0 Å². The molecule has 1 heterocycles. The average Bonchev–Trinajstić information content (AvgIpc) is 2.56. The van der Waals surface area contributed by atoms with Crippen LogP contribution < -0.4 is 10.3 Å². The van der Waals surface area contributed by atoms with E-state index in [1.165, 1.54) is 6.07 Å².